The molecule has 4 nitrogen and oxygen atoms in total. The molecule has 0 aromatic heterocycles. The molecular weight excluding hydrogens is 204 g/mol. The summed E-state index contributed by atoms with van der Waals surface area (Å²) in [5.74, 6) is 0.626. The molecule has 0 amide bonds. The van der Waals surface area contributed by atoms with Crippen LogP contribution in [0.1, 0.15) is 0 Å². The zero-order chi connectivity index (χ0) is 10.8. The van der Waals surface area contributed by atoms with Gasteiger partial charge in [0.25, 0.3) is 0 Å². The summed E-state index contributed by atoms with van der Waals surface area (Å²) < 4.78 is 0. The second-order valence-electron chi connectivity index (χ2n) is 3.32. The Morgan fingerprint density at radius 1 is 1.19 bits per heavy atom. The molecule has 0 spiro atoms. The van der Waals surface area contributed by atoms with Crippen LogP contribution in [-0.2, 0) is 4.84 Å². The maximum absolute atomic E-state index is 5.44. The number of hydrazine groups is 1. The van der Waals surface area contributed by atoms with Gasteiger partial charge in [-0.25, -0.2) is 0 Å². The quantitative estimate of drug-likeness (QED) is 0.828. The summed E-state index contributed by atoms with van der Waals surface area (Å²) in [4.78, 5) is 10.2. The maximum atomic E-state index is 5.44. The SMILES string of the molecule is [c]1c(ON2C=CON2)ccc2ccccc12. The Hall–Kier alpha value is -2.20. The van der Waals surface area contributed by atoms with Crippen LogP contribution in [0.3, 0.4) is 0 Å². The minimum absolute atomic E-state index is 0.626. The van der Waals surface area contributed by atoms with E-state index >= 15 is 0 Å². The van der Waals surface area contributed by atoms with E-state index in [1.807, 2.05) is 36.4 Å². The Kier molecular flexibility index (Phi) is 2.12. The highest BCUT2D eigenvalue weighted by molar-refractivity contribution is 5.82. The van der Waals surface area contributed by atoms with Crippen LogP contribution in [0.15, 0.2) is 48.9 Å². The summed E-state index contributed by atoms with van der Waals surface area (Å²) in [6, 6.07) is 15.0. The van der Waals surface area contributed by atoms with Gasteiger partial charge in [0.15, 0.2) is 5.75 Å². The zero-order valence-electron chi connectivity index (χ0n) is 8.38. The van der Waals surface area contributed by atoms with Crippen molar-refractivity contribution in [3.63, 3.8) is 0 Å². The molecule has 1 aliphatic rings. The molecule has 1 radical (unpaired) electrons. The van der Waals surface area contributed by atoms with Gasteiger partial charge in [-0.2, -0.15) is 0 Å². The van der Waals surface area contributed by atoms with Crippen LogP contribution in [0, 0.1) is 6.07 Å². The summed E-state index contributed by atoms with van der Waals surface area (Å²) in [5, 5.41) is 3.51. The summed E-state index contributed by atoms with van der Waals surface area (Å²) in [6.45, 7) is 0. The smallest absolute Gasteiger partial charge is 0.166 e. The molecule has 79 valence electrons. The third-order valence-corrected chi connectivity index (χ3v) is 2.24. The molecule has 0 aliphatic carbocycles. The van der Waals surface area contributed by atoms with Crippen molar-refractivity contribution in [2.45, 2.75) is 0 Å². The van der Waals surface area contributed by atoms with Gasteiger partial charge in [0, 0.05) is 6.07 Å². The highest BCUT2D eigenvalue weighted by Gasteiger charge is 2.06. The van der Waals surface area contributed by atoms with Gasteiger partial charge in [0.05, 0.1) is 6.20 Å². The monoisotopic (exact) mass is 213 g/mol. The molecule has 0 atom stereocenters. The van der Waals surface area contributed by atoms with Gasteiger partial charge in [-0.05, 0) is 22.4 Å². The van der Waals surface area contributed by atoms with Gasteiger partial charge in [0.1, 0.15) is 6.26 Å². The Bertz CT molecular complexity index is 539. The minimum Gasteiger partial charge on any atom is -0.392 e. The highest BCUT2D eigenvalue weighted by atomic mass is 16.8. The summed E-state index contributed by atoms with van der Waals surface area (Å²) in [6.07, 6.45) is 3.12. The molecule has 3 rings (SSSR count). The average Bonchev–Trinajstić information content (AvgIpc) is 2.82. The molecule has 0 bridgehead atoms. The Morgan fingerprint density at radius 3 is 3.00 bits per heavy atom. The summed E-state index contributed by atoms with van der Waals surface area (Å²) in [5.41, 5.74) is 2.53. The Labute approximate surface area is 92.6 Å². The van der Waals surface area contributed by atoms with E-state index in [9.17, 15) is 0 Å². The van der Waals surface area contributed by atoms with E-state index in [2.05, 4.69) is 11.7 Å². The topological polar surface area (TPSA) is 33.7 Å². The molecular formula is C12H9N2O2. The predicted molar refractivity (Wildman–Crippen MR) is 58.6 cm³/mol. The van der Waals surface area contributed by atoms with Crippen LogP contribution in [-0.4, -0.2) is 5.17 Å². The normalized spacial score (nSPS) is 14.1. The van der Waals surface area contributed by atoms with Crippen molar-refractivity contribution < 1.29 is 9.68 Å². The number of hydroxylamine groups is 1. The van der Waals surface area contributed by atoms with Crippen molar-refractivity contribution >= 4 is 10.8 Å². The van der Waals surface area contributed by atoms with E-state index in [0.29, 0.717) is 5.75 Å². The maximum Gasteiger partial charge on any atom is 0.166 e. The van der Waals surface area contributed by atoms with Crippen molar-refractivity contribution in [1.29, 1.82) is 0 Å². The Morgan fingerprint density at radius 2 is 2.12 bits per heavy atom. The Balaban J connectivity index is 1.89. The number of rotatable bonds is 2. The van der Waals surface area contributed by atoms with E-state index in [1.54, 1.807) is 6.20 Å². The number of fused-ring (bicyclic) bond motifs is 1. The molecule has 4 heteroatoms. The third kappa shape index (κ3) is 1.66. The molecule has 2 aromatic rings. The van der Waals surface area contributed by atoms with Crippen LogP contribution in [0.4, 0.5) is 0 Å². The lowest BCUT2D eigenvalue weighted by molar-refractivity contribution is -0.132. The van der Waals surface area contributed by atoms with Crippen molar-refractivity contribution in [3.8, 4) is 5.75 Å². The first-order valence-corrected chi connectivity index (χ1v) is 4.88. The molecule has 16 heavy (non-hydrogen) atoms. The number of benzene rings is 2. The van der Waals surface area contributed by atoms with Crippen molar-refractivity contribution in [2.24, 2.45) is 0 Å². The van der Waals surface area contributed by atoms with Crippen molar-refractivity contribution in [2.75, 3.05) is 0 Å². The standard InChI is InChI=1S/C12H9N2O2/c1-2-4-11-9-12(6-5-10(11)3-1)16-14-7-8-15-13-14/h1-8,13H. The number of nitrogens with zero attached hydrogens (tertiary/aromatic N) is 1. The molecule has 0 saturated carbocycles. The van der Waals surface area contributed by atoms with E-state index in [4.69, 9.17) is 9.68 Å². The fraction of sp³-hybridized carbons (Fsp3) is 0. The van der Waals surface area contributed by atoms with E-state index < -0.39 is 0 Å². The van der Waals surface area contributed by atoms with Crippen LogP contribution < -0.4 is 10.4 Å². The number of hydrogen-bond acceptors (Lipinski definition) is 4. The predicted octanol–water partition coefficient (Wildman–Crippen LogP) is 2.16. The second kappa shape index (κ2) is 3.75. The molecule has 2 aromatic carbocycles. The fourth-order valence-corrected chi connectivity index (χ4v) is 1.50. The van der Waals surface area contributed by atoms with Crippen LogP contribution >= 0.6 is 0 Å². The van der Waals surface area contributed by atoms with Gasteiger partial charge < -0.3 is 9.68 Å². The van der Waals surface area contributed by atoms with E-state index in [0.717, 1.165) is 10.8 Å². The molecule has 0 fully saturated rings. The van der Waals surface area contributed by atoms with Crippen LogP contribution in [0.5, 0.6) is 5.75 Å². The summed E-state index contributed by atoms with van der Waals surface area (Å²) >= 11 is 0. The number of nitrogens with one attached hydrogen (secondary N) is 1. The fourth-order valence-electron chi connectivity index (χ4n) is 1.50. The van der Waals surface area contributed by atoms with E-state index in [-0.39, 0.29) is 0 Å². The van der Waals surface area contributed by atoms with E-state index in [1.165, 1.54) is 11.4 Å². The molecule has 0 saturated heterocycles. The van der Waals surface area contributed by atoms with Gasteiger partial charge >= 0.3 is 0 Å². The van der Waals surface area contributed by atoms with Gasteiger partial charge in [0.2, 0.25) is 0 Å². The van der Waals surface area contributed by atoms with Gasteiger partial charge in [-0.15, -0.1) is 5.17 Å². The largest absolute Gasteiger partial charge is 0.392 e. The molecule has 1 N–H and O–H groups in total. The van der Waals surface area contributed by atoms with Crippen LogP contribution in [0.25, 0.3) is 10.8 Å². The lowest BCUT2D eigenvalue weighted by Gasteiger charge is -2.14. The van der Waals surface area contributed by atoms with Crippen molar-refractivity contribution in [1.82, 2.24) is 10.8 Å². The van der Waals surface area contributed by atoms with Gasteiger partial charge in [-0.3, -0.25) is 0 Å². The third-order valence-electron chi connectivity index (χ3n) is 2.24. The first kappa shape index (κ1) is 9.06. The first-order valence-electron chi connectivity index (χ1n) is 4.88. The molecule has 1 heterocycles. The first-order chi connectivity index (χ1) is 7.92. The number of hydrogen-bond donors (Lipinski definition) is 1. The second-order valence-corrected chi connectivity index (χ2v) is 3.32. The lowest BCUT2D eigenvalue weighted by Crippen LogP contribution is -2.30. The zero-order valence-corrected chi connectivity index (χ0v) is 8.38. The summed E-state index contributed by atoms with van der Waals surface area (Å²) in [7, 11) is 0. The molecule has 0 unspecified atom stereocenters. The highest BCUT2D eigenvalue weighted by Crippen LogP contribution is 2.20. The average molecular weight is 213 g/mol. The van der Waals surface area contributed by atoms with Crippen LogP contribution in [0.2, 0.25) is 0 Å². The van der Waals surface area contributed by atoms with Gasteiger partial charge in [-0.1, -0.05) is 30.3 Å². The lowest BCUT2D eigenvalue weighted by atomic mass is 10.1. The minimum atomic E-state index is 0.626. The molecule has 1 aliphatic heterocycles. The van der Waals surface area contributed by atoms with Crippen molar-refractivity contribution in [3.05, 3.63) is 54.9 Å².